The number of nitro groups is 1. The summed E-state index contributed by atoms with van der Waals surface area (Å²) in [5.41, 5.74) is 3.82. The van der Waals surface area contributed by atoms with Crippen LogP contribution in [0.3, 0.4) is 0 Å². The summed E-state index contributed by atoms with van der Waals surface area (Å²) in [5.74, 6) is -0.598. The molecular weight excluding hydrogens is 354 g/mol. The number of hydrazone groups is 1. The van der Waals surface area contributed by atoms with Crippen molar-refractivity contribution in [3.05, 3.63) is 57.1 Å². The van der Waals surface area contributed by atoms with Crippen molar-refractivity contribution < 1.29 is 24.3 Å². The van der Waals surface area contributed by atoms with Gasteiger partial charge in [-0.05, 0) is 37.6 Å². The molecule has 9 heteroatoms. The molecule has 0 saturated carbocycles. The predicted octanol–water partition coefficient (Wildman–Crippen LogP) is 2.45. The maximum absolute atomic E-state index is 11.8. The van der Waals surface area contributed by atoms with Gasteiger partial charge in [0.1, 0.15) is 5.75 Å². The van der Waals surface area contributed by atoms with Gasteiger partial charge in [0.2, 0.25) is 5.75 Å². The molecule has 0 heterocycles. The topological polar surface area (TPSA) is 123 Å². The molecule has 0 aromatic heterocycles. The highest BCUT2D eigenvalue weighted by Crippen LogP contribution is 2.37. The van der Waals surface area contributed by atoms with Crippen LogP contribution in [0.4, 0.5) is 5.69 Å². The zero-order chi connectivity index (χ0) is 20.0. The molecule has 1 amide bonds. The van der Waals surface area contributed by atoms with E-state index < -0.39 is 16.5 Å². The minimum Gasteiger partial charge on any atom is -0.504 e. The molecule has 0 spiro atoms. The molecule has 0 aliphatic heterocycles. The summed E-state index contributed by atoms with van der Waals surface area (Å²) in [4.78, 5) is 22.3. The van der Waals surface area contributed by atoms with Gasteiger partial charge >= 0.3 is 5.69 Å². The third-order valence-electron chi connectivity index (χ3n) is 3.61. The minimum atomic E-state index is -0.703. The first-order valence-electron chi connectivity index (χ1n) is 7.89. The molecule has 0 atom stereocenters. The van der Waals surface area contributed by atoms with E-state index in [-0.39, 0.29) is 23.7 Å². The van der Waals surface area contributed by atoms with Crippen LogP contribution in [-0.4, -0.2) is 35.9 Å². The molecule has 0 radical (unpaired) electrons. The molecular formula is C18H19N3O6. The van der Waals surface area contributed by atoms with E-state index >= 15 is 0 Å². The second-order valence-corrected chi connectivity index (χ2v) is 5.66. The Hall–Kier alpha value is -3.62. The van der Waals surface area contributed by atoms with E-state index in [1.165, 1.54) is 19.2 Å². The zero-order valence-corrected chi connectivity index (χ0v) is 15.1. The van der Waals surface area contributed by atoms with Crippen LogP contribution in [0, 0.1) is 24.0 Å². The average Bonchev–Trinajstić information content (AvgIpc) is 2.61. The van der Waals surface area contributed by atoms with Gasteiger partial charge in [-0.15, -0.1) is 0 Å². The van der Waals surface area contributed by atoms with Crippen molar-refractivity contribution in [2.75, 3.05) is 13.7 Å². The van der Waals surface area contributed by atoms with Crippen LogP contribution in [0.15, 0.2) is 35.4 Å². The number of aromatic hydroxyl groups is 1. The smallest absolute Gasteiger partial charge is 0.323 e. The van der Waals surface area contributed by atoms with Crippen molar-refractivity contribution in [3.8, 4) is 17.2 Å². The molecule has 0 aliphatic rings. The number of methoxy groups -OCH3 is 1. The van der Waals surface area contributed by atoms with Crippen molar-refractivity contribution in [1.82, 2.24) is 5.43 Å². The lowest BCUT2D eigenvalue weighted by molar-refractivity contribution is -0.386. The molecule has 2 rings (SSSR count). The molecule has 2 N–H and O–H groups in total. The number of hydrogen-bond donors (Lipinski definition) is 2. The van der Waals surface area contributed by atoms with Gasteiger partial charge in [0.25, 0.3) is 5.91 Å². The molecule has 0 unspecified atom stereocenters. The first-order chi connectivity index (χ1) is 12.8. The SMILES string of the molecule is COc1c(O)ccc(/C=N\NC(=O)COc2ccc(C)cc2C)c1[N+](=O)[O-]. The number of amides is 1. The van der Waals surface area contributed by atoms with E-state index in [2.05, 4.69) is 10.5 Å². The molecule has 142 valence electrons. The molecule has 2 aromatic rings. The minimum absolute atomic E-state index is 0.0604. The van der Waals surface area contributed by atoms with E-state index in [0.29, 0.717) is 5.75 Å². The summed E-state index contributed by atoms with van der Waals surface area (Å²) in [6.07, 6.45) is 1.09. The number of nitro benzene ring substituents is 1. The number of aryl methyl sites for hydroxylation is 2. The number of carbonyl (C=O) groups is 1. The third-order valence-corrected chi connectivity index (χ3v) is 3.61. The van der Waals surface area contributed by atoms with Crippen molar-refractivity contribution in [1.29, 1.82) is 0 Å². The van der Waals surface area contributed by atoms with Gasteiger partial charge < -0.3 is 14.6 Å². The van der Waals surface area contributed by atoms with Crippen LogP contribution in [0.1, 0.15) is 16.7 Å². The van der Waals surface area contributed by atoms with Gasteiger partial charge in [-0.1, -0.05) is 17.7 Å². The van der Waals surface area contributed by atoms with Crippen LogP contribution in [0.5, 0.6) is 17.2 Å². The van der Waals surface area contributed by atoms with Gasteiger partial charge in [-0.25, -0.2) is 5.43 Å². The Morgan fingerprint density at radius 3 is 2.70 bits per heavy atom. The molecule has 0 aliphatic carbocycles. The lowest BCUT2D eigenvalue weighted by Crippen LogP contribution is -2.24. The number of rotatable bonds is 7. The summed E-state index contributed by atoms with van der Waals surface area (Å²) >= 11 is 0. The highest BCUT2D eigenvalue weighted by molar-refractivity contribution is 5.89. The Morgan fingerprint density at radius 2 is 2.07 bits per heavy atom. The van der Waals surface area contributed by atoms with Gasteiger partial charge in [0.05, 0.1) is 23.8 Å². The number of nitrogens with zero attached hydrogens (tertiary/aromatic N) is 2. The summed E-state index contributed by atoms with van der Waals surface area (Å²) in [7, 11) is 1.20. The van der Waals surface area contributed by atoms with Gasteiger partial charge in [0.15, 0.2) is 12.4 Å². The first-order valence-corrected chi connectivity index (χ1v) is 7.89. The van der Waals surface area contributed by atoms with E-state index in [1.807, 2.05) is 26.0 Å². The number of phenols is 1. The fraction of sp³-hybridized carbons (Fsp3) is 0.222. The highest BCUT2D eigenvalue weighted by atomic mass is 16.6. The van der Waals surface area contributed by atoms with Crippen LogP contribution in [0.2, 0.25) is 0 Å². The Morgan fingerprint density at radius 1 is 1.33 bits per heavy atom. The maximum atomic E-state index is 11.8. The second kappa shape index (κ2) is 8.65. The Labute approximate surface area is 155 Å². The lowest BCUT2D eigenvalue weighted by Gasteiger charge is -2.08. The molecule has 0 bridgehead atoms. The number of nitrogens with one attached hydrogen (secondary N) is 1. The van der Waals surface area contributed by atoms with Gasteiger partial charge in [0, 0.05) is 0 Å². The van der Waals surface area contributed by atoms with Crippen molar-refractivity contribution >= 4 is 17.8 Å². The zero-order valence-electron chi connectivity index (χ0n) is 15.1. The number of ether oxygens (including phenoxy) is 2. The monoisotopic (exact) mass is 373 g/mol. The van der Waals surface area contributed by atoms with E-state index in [1.54, 1.807) is 6.07 Å². The molecule has 2 aromatic carbocycles. The van der Waals surface area contributed by atoms with Crippen LogP contribution in [0.25, 0.3) is 0 Å². The summed E-state index contributed by atoms with van der Waals surface area (Å²) in [6.45, 7) is 3.56. The van der Waals surface area contributed by atoms with Crippen molar-refractivity contribution in [2.24, 2.45) is 5.10 Å². The Kier molecular flexibility index (Phi) is 6.32. The second-order valence-electron chi connectivity index (χ2n) is 5.66. The average molecular weight is 373 g/mol. The van der Waals surface area contributed by atoms with Crippen LogP contribution < -0.4 is 14.9 Å². The molecule has 9 nitrogen and oxygen atoms in total. The fourth-order valence-electron chi connectivity index (χ4n) is 2.38. The largest absolute Gasteiger partial charge is 0.504 e. The molecule has 27 heavy (non-hydrogen) atoms. The van der Waals surface area contributed by atoms with Crippen molar-refractivity contribution in [2.45, 2.75) is 13.8 Å². The predicted molar refractivity (Wildman–Crippen MR) is 98.5 cm³/mol. The van der Waals surface area contributed by atoms with E-state index in [9.17, 15) is 20.0 Å². The van der Waals surface area contributed by atoms with Gasteiger partial charge in [-0.3, -0.25) is 14.9 Å². The quantitative estimate of drug-likeness (QED) is 0.436. The Bertz CT molecular complexity index is 895. The number of phenolic OH excluding ortho intramolecular Hbond substituents is 1. The van der Waals surface area contributed by atoms with Crippen LogP contribution in [-0.2, 0) is 4.79 Å². The molecule has 0 saturated heterocycles. The van der Waals surface area contributed by atoms with Gasteiger partial charge in [-0.2, -0.15) is 5.10 Å². The number of carbonyl (C=O) groups excluding carboxylic acids is 1. The number of benzene rings is 2. The normalized spacial score (nSPS) is 10.6. The maximum Gasteiger partial charge on any atom is 0.323 e. The fourth-order valence-corrected chi connectivity index (χ4v) is 2.38. The summed E-state index contributed by atoms with van der Waals surface area (Å²) in [6, 6.07) is 8.10. The highest BCUT2D eigenvalue weighted by Gasteiger charge is 2.23. The Balaban J connectivity index is 2.02. The third kappa shape index (κ3) is 4.94. The van der Waals surface area contributed by atoms with Crippen molar-refractivity contribution in [3.63, 3.8) is 0 Å². The number of hydrogen-bond acceptors (Lipinski definition) is 7. The van der Waals surface area contributed by atoms with E-state index in [0.717, 1.165) is 17.3 Å². The first kappa shape index (κ1) is 19.7. The summed E-state index contributed by atoms with van der Waals surface area (Å²) < 4.78 is 10.3. The lowest BCUT2D eigenvalue weighted by atomic mass is 10.1. The molecule has 0 fully saturated rings. The standard InChI is InChI=1S/C18H19N3O6/c1-11-4-7-15(12(2)8-11)27-10-16(23)20-19-9-13-5-6-14(22)18(26-3)17(13)21(24)25/h4-9,22H,10H2,1-3H3,(H,20,23)/b19-9-. The van der Waals surface area contributed by atoms with E-state index in [4.69, 9.17) is 9.47 Å². The van der Waals surface area contributed by atoms with Crippen LogP contribution >= 0.6 is 0 Å². The summed E-state index contributed by atoms with van der Waals surface area (Å²) in [5, 5.41) is 24.5.